The number of carbonyl (C=O) groups excluding carboxylic acids is 1. The molecule has 0 aliphatic carbocycles. The van der Waals surface area contributed by atoms with E-state index in [1.54, 1.807) is 16.7 Å². The van der Waals surface area contributed by atoms with Gasteiger partial charge in [-0.3, -0.25) is 4.79 Å². The van der Waals surface area contributed by atoms with Gasteiger partial charge in [0.25, 0.3) is 0 Å². The monoisotopic (exact) mass is 320 g/mol. The molecule has 1 amide bonds. The molecule has 3 nitrogen and oxygen atoms in total. The Morgan fingerprint density at radius 2 is 2.32 bits per heavy atom. The predicted molar refractivity (Wildman–Crippen MR) is 85.7 cm³/mol. The summed E-state index contributed by atoms with van der Waals surface area (Å²) in [4.78, 5) is 14.0. The predicted octanol–water partition coefficient (Wildman–Crippen LogP) is 2.73. The molecule has 2 N–H and O–H groups in total. The zero-order valence-electron chi connectivity index (χ0n) is 10.8. The number of hydrogen-bond donors (Lipinski definition) is 1. The van der Waals surface area contributed by atoms with Gasteiger partial charge in [-0.1, -0.05) is 17.7 Å². The fourth-order valence-corrected chi connectivity index (χ4v) is 2.81. The quantitative estimate of drug-likeness (QED) is 0.927. The Morgan fingerprint density at radius 1 is 1.58 bits per heavy atom. The third-order valence-corrected chi connectivity index (χ3v) is 4.04. The Hall–Kier alpha value is -0.420. The van der Waals surface area contributed by atoms with E-state index in [0.29, 0.717) is 18.0 Å². The minimum Gasteiger partial charge on any atom is -0.320 e. The number of amides is 1. The molecule has 0 fully saturated rings. The second kappa shape index (κ2) is 7.39. The molecule has 106 valence electrons. The van der Waals surface area contributed by atoms with Gasteiger partial charge in [-0.2, -0.15) is 11.8 Å². The zero-order chi connectivity index (χ0) is 13.1. The topological polar surface area (TPSA) is 46.3 Å². The van der Waals surface area contributed by atoms with Crippen LogP contribution in [-0.2, 0) is 11.2 Å². The third kappa shape index (κ3) is 3.78. The van der Waals surface area contributed by atoms with E-state index in [0.717, 1.165) is 17.9 Å². The highest BCUT2D eigenvalue weighted by molar-refractivity contribution is 7.98. The van der Waals surface area contributed by atoms with Crippen LogP contribution < -0.4 is 10.6 Å². The van der Waals surface area contributed by atoms with Gasteiger partial charge in [0.2, 0.25) is 5.91 Å². The van der Waals surface area contributed by atoms with Gasteiger partial charge in [0.15, 0.2) is 0 Å². The minimum absolute atomic E-state index is 0. The second-order valence-electron chi connectivity index (χ2n) is 4.40. The van der Waals surface area contributed by atoms with E-state index in [4.69, 9.17) is 17.3 Å². The minimum atomic E-state index is -0.414. The molecule has 1 atom stereocenters. The van der Waals surface area contributed by atoms with Crippen LogP contribution >= 0.6 is 35.8 Å². The van der Waals surface area contributed by atoms with Gasteiger partial charge in [-0.05, 0) is 42.5 Å². The molecule has 0 bridgehead atoms. The summed E-state index contributed by atoms with van der Waals surface area (Å²) in [6.45, 7) is 0.710. The Morgan fingerprint density at radius 3 is 3.00 bits per heavy atom. The first-order valence-corrected chi connectivity index (χ1v) is 7.75. The van der Waals surface area contributed by atoms with Crippen molar-refractivity contribution in [1.82, 2.24) is 0 Å². The van der Waals surface area contributed by atoms with Crippen molar-refractivity contribution in [2.24, 2.45) is 5.73 Å². The molecule has 0 saturated heterocycles. The lowest BCUT2D eigenvalue weighted by molar-refractivity contribution is -0.119. The van der Waals surface area contributed by atoms with E-state index in [1.165, 1.54) is 5.56 Å². The van der Waals surface area contributed by atoms with Crippen LogP contribution in [0.3, 0.4) is 0 Å². The lowest BCUT2D eigenvalue weighted by Gasteiger charge is -2.21. The number of thioether (sulfide) groups is 1. The van der Waals surface area contributed by atoms with E-state index < -0.39 is 6.04 Å². The maximum atomic E-state index is 12.3. The summed E-state index contributed by atoms with van der Waals surface area (Å²) in [7, 11) is 0. The molecular weight excluding hydrogens is 303 g/mol. The molecule has 1 aromatic carbocycles. The SMILES string of the molecule is CSCC[C@H](N)C(=O)N1CCc2ccc(Cl)cc21.Cl. The zero-order valence-corrected chi connectivity index (χ0v) is 13.2. The Bertz CT molecular complexity index is 456. The van der Waals surface area contributed by atoms with Crippen LogP contribution in [0.5, 0.6) is 0 Å². The molecule has 19 heavy (non-hydrogen) atoms. The summed E-state index contributed by atoms with van der Waals surface area (Å²) in [5.41, 5.74) is 8.04. The maximum Gasteiger partial charge on any atom is 0.243 e. The van der Waals surface area contributed by atoms with E-state index in [-0.39, 0.29) is 18.3 Å². The Balaban J connectivity index is 0.00000180. The average molecular weight is 321 g/mol. The van der Waals surface area contributed by atoms with Crippen molar-refractivity contribution in [2.45, 2.75) is 18.9 Å². The number of anilines is 1. The number of fused-ring (bicyclic) bond motifs is 1. The van der Waals surface area contributed by atoms with Crippen molar-refractivity contribution in [2.75, 3.05) is 23.5 Å². The van der Waals surface area contributed by atoms with Gasteiger partial charge in [-0.15, -0.1) is 12.4 Å². The summed E-state index contributed by atoms with van der Waals surface area (Å²) < 4.78 is 0. The van der Waals surface area contributed by atoms with Gasteiger partial charge in [-0.25, -0.2) is 0 Å². The number of nitrogens with two attached hydrogens (primary N) is 1. The summed E-state index contributed by atoms with van der Waals surface area (Å²) in [5, 5.41) is 0.658. The van der Waals surface area contributed by atoms with E-state index in [9.17, 15) is 4.79 Å². The van der Waals surface area contributed by atoms with Crippen LogP contribution in [0.25, 0.3) is 0 Å². The normalized spacial score (nSPS) is 14.8. The van der Waals surface area contributed by atoms with Crippen molar-refractivity contribution in [3.8, 4) is 0 Å². The number of hydrogen-bond acceptors (Lipinski definition) is 3. The molecule has 6 heteroatoms. The first-order valence-electron chi connectivity index (χ1n) is 5.98. The number of rotatable bonds is 4. The number of benzene rings is 1. The van der Waals surface area contributed by atoms with Crippen molar-refractivity contribution in [3.05, 3.63) is 28.8 Å². The lowest BCUT2D eigenvalue weighted by Crippen LogP contribution is -2.43. The van der Waals surface area contributed by atoms with Crippen LogP contribution in [0.2, 0.25) is 5.02 Å². The van der Waals surface area contributed by atoms with Crippen LogP contribution in [-0.4, -0.2) is 30.5 Å². The molecule has 1 aliphatic heterocycles. The molecule has 0 spiro atoms. The molecule has 0 aromatic heterocycles. The van der Waals surface area contributed by atoms with E-state index in [2.05, 4.69) is 0 Å². The highest BCUT2D eigenvalue weighted by Gasteiger charge is 2.28. The van der Waals surface area contributed by atoms with Crippen molar-refractivity contribution in [3.63, 3.8) is 0 Å². The molecule has 1 aromatic rings. The van der Waals surface area contributed by atoms with E-state index in [1.807, 2.05) is 24.5 Å². The van der Waals surface area contributed by atoms with Gasteiger partial charge in [0.1, 0.15) is 0 Å². The lowest BCUT2D eigenvalue weighted by atomic mass is 10.1. The fourth-order valence-electron chi connectivity index (χ4n) is 2.15. The highest BCUT2D eigenvalue weighted by Crippen LogP contribution is 2.31. The van der Waals surface area contributed by atoms with Crippen LogP contribution in [0.15, 0.2) is 18.2 Å². The molecule has 1 aliphatic rings. The number of nitrogens with zero attached hydrogens (tertiary/aromatic N) is 1. The smallest absolute Gasteiger partial charge is 0.243 e. The standard InChI is InChI=1S/C13H17ClN2OS.ClH/c1-18-7-5-11(15)13(17)16-6-4-9-2-3-10(14)8-12(9)16;/h2-3,8,11H,4-7,15H2,1H3;1H/t11-;/m0./s1. The number of halogens is 2. The largest absolute Gasteiger partial charge is 0.320 e. The molecule has 0 saturated carbocycles. The Kier molecular flexibility index (Phi) is 6.47. The fraction of sp³-hybridized carbons (Fsp3) is 0.462. The van der Waals surface area contributed by atoms with Gasteiger partial charge in [0.05, 0.1) is 6.04 Å². The van der Waals surface area contributed by atoms with Gasteiger partial charge < -0.3 is 10.6 Å². The molecule has 1 heterocycles. The van der Waals surface area contributed by atoms with Gasteiger partial charge in [0, 0.05) is 17.3 Å². The third-order valence-electron chi connectivity index (χ3n) is 3.16. The number of carbonyl (C=O) groups is 1. The first-order chi connectivity index (χ1) is 8.63. The maximum absolute atomic E-state index is 12.3. The summed E-state index contributed by atoms with van der Waals surface area (Å²) in [6.07, 6.45) is 3.61. The van der Waals surface area contributed by atoms with Crippen molar-refractivity contribution in [1.29, 1.82) is 0 Å². The van der Waals surface area contributed by atoms with E-state index >= 15 is 0 Å². The molecule has 2 rings (SSSR count). The average Bonchev–Trinajstić information content (AvgIpc) is 2.77. The van der Waals surface area contributed by atoms with Crippen LogP contribution in [0, 0.1) is 0 Å². The first kappa shape index (κ1) is 16.6. The van der Waals surface area contributed by atoms with Crippen molar-refractivity contribution >= 4 is 47.4 Å². The van der Waals surface area contributed by atoms with Crippen LogP contribution in [0.1, 0.15) is 12.0 Å². The summed E-state index contributed by atoms with van der Waals surface area (Å²) >= 11 is 7.69. The highest BCUT2D eigenvalue weighted by atomic mass is 35.5. The van der Waals surface area contributed by atoms with Gasteiger partial charge >= 0.3 is 0 Å². The van der Waals surface area contributed by atoms with Crippen LogP contribution in [0.4, 0.5) is 5.69 Å². The van der Waals surface area contributed by atoms with Crippen molar-refractivity contribution < 1.29 is 4.79 Å². The molecule has 0 radical (unpaired) electrons. The summed E-state index contributed by atoms with van der Waals surface area (Å²) in [6, 6.07) is 5.28. The molecule has 0 unspecified atom stereocenters. The second-order valence-corrected chi connectivity index (χ2v) is 5.82. The Labute approximate surface area is 129 Å². The molecular formula is C13H18Cl2N2OS. The summed E-state index contributed by atoms with van der Waals surface area (Å²) in [5.74, 6) is 0.911.